The maximum absolute atomic E-state index is 13.5. The fourth-order valence-corrected chi connectivity index (χ4v) is 4.26. The average molecular weight is 437 g/mol. The van der Waals surface area contributed by atoms with Crippen LogP contribution in [0.15, 0.2) is 59.1 Å². The van der Waals surface area contributed by atoms with Crippen molar-refractivity contribution in [1.82, 2.24) is 20.4 Å². The summed E-state index contributed by atoms with van der Waals surface area (Å²) in [5, 5.41) is 7.23. The topological polar surface area (TPSA) is 71.3 Å². The van der Waals surface area contributed by atoms with E-state index in [9.17, 15) is 9.18 Å². The lowest BCUT2D eigenvalue weighted by Gasteiger charge is -2.31. The van der Waals surface area contributed by atoms with Crippen LogP contribution in [0.2, 0.25) is 0 Å². The van der Waals surface area contributed by atoms with E-state index in [1.165, 1.54) is 12.1 Å². The Bertz CT molecular complexity index is 1040. The Labute approximate surface area is 187 Å². The normalized spacial score (nSPS) is 17.9. The van der Waals surface area contributed by atoms with Crippen LogP contribution in [-0.4, -0.2) is 40.6 Å². The van der Waals surface area contributed by atoms with Crippen LogP contribution in [0, 0.1) is 11.7 Å². The number of aromatic nitrogens is 2. The molecular weight excluding hydrogens is 407 g/mol. The number of hydrogen-bond donors (Lipinski definition) is 1. The van der Waals surface area contributed by atoms with Gasteiger partial charge in [-0.15, -0.1) is 0 Å². The van der Waals surface area contributed by atoms with Gasteiger partial charge >= 0.3 is 0 Å². The SMILES string of the molecule is CC(C)C(NC(=O)CN1CCCC(c2nc(-c3cccc(F)c3)no2)C1)c1ccccc1. The van der Waals surface area contributed by atoms with Crippen molar-refractivity contribution in [1.29, 1.82) is 0 Å². The molecule has 1 aliphatic heterocycles. The Morgan fingerprint density at radius 3 is 2.78 bits per heavy atom. The van der Waals surface area contributed by atoms with Crippen LogP contribution < -0.4 is 5.32 Å². The molecule has 1 saturated heterocycles. The zero-order valence-corrected chi connectivity index (χ0v) is 18.5. The first-order chi connectivity index (χ1) is 15.5. The van der Waals surface area contributed by atoms with Gasteiger partial charge in [0.05, 0.1) is 18.5 Å². The van der Waals surface area contributed by atoms with Crippen LogP contribution in [0.25, 0.3) is 11.4 Å². The third kappa shape index (κ3) is 5.40. The maximum Gasteiger partial charge on any atom is 0.234 e. The first-order valence-electron chi connectivity index (χ1n) is 11.2. The number of nitrogens with zero attached hydrogens (tertiary/aromatic N) is 3. The lowest BCUT2D eigenvalue weighted by molar-refractivity contribution is -0.123. The van der Waals surface area contributed by atoms with Gasteiger partial charge in [-0.3, -0.25) is 9.69 Å². The molecule has 2 unspecified atom stereocenters. The number of likely N-dealkylation sites (tertiary alicyclic amines) is 1. The number of halogens is 1. The molecule has 0 spiro atoms. The van der Waals surface area contributed by atoms with Crippen LogP contribution in [0.4, 0.5) is 4.39 Å². The Hall–Kier alpha value is -3.06. The smallest absolute Gasteiger partial charge is 0.234 e. The van der Waals surface area contributed by atoms with Gasteiger partial charge in [-0.1, -0.05) is 61.5 Å². The maximum atomic E-state index is 13.5. The Kier molecular flexibility index (Phi) is 6.95. The molecule has 1 fully saturated rings. The highest BCUT2D eigenvalue weighted by Crippen LogP contribution is 2.28. The zero-order valence-electron chi connectivity index (χ0n) is 18.5. The Balaban J connectivity index is 1.37. The lowest BCUT2D eigenvalue weighted by atomic mass is 9.95. The van der Waals surface area contributed by atoms with E-state index >= 15 is 0 Å². The monoisotopic (exact) mass is 436 g/mol. The molecule has 1 aliphatic rings. The minimum Gasteiger partial charge on any atom is -0.348 e. The van der Waals surface area contributed by atoms with Gasteiger partial charge in [-0.05, 0) is 43.0 Å². The molecule has 2 heterocycles. The molecule has 3 aromatic rings. The highest BCUT2D eigenvalue weighted by molar-refractivity contribution is 5.78. The molecule has 1 aromatic heterocycles. The van der Waals surface area contributed by atoms with E-state index in [0.29, 0.717) is 30.4 Å². The van der Waals surface area contributed by atoms with E-state index in [2.05, 4.69) is 34.2 Å². The summed E-state index contributed by atoms with van der Waals surface area (Å²) in [6.45, 7) is 6.08. The zero-order chi connectivity index (χ0) is 22.5. The van der Waals surface area contributed by atoms with Gasteiger partial charge in [0.1, 0.15) is 5.82 Å². The number of amides is 1. The van der Waals surface area contributed by atoms with Gasteiger partial charge in [0.25, 0.3) is 0 Å². The molecule has 32 heavy (non-hydrogen) atoms. The first-order valence-corrected chi connectivity index (χ1v) is 11.2. The summed E-state index contributed by atoms with van der Waals surface area (Å²) in [5.41, 5.74) is 1.70. The molecule has 168 valence electrons. The van der Waals surface area contributed by atoms with E-state index < -0.39 is 0 Å². The standard InChI is InChI=1S/C25H29FN4O2/c1-17(2)23(18-8-4-3-5-9-18)27-22(31)16-30-13-7-11-20(15-30)25-28-24(29-32-25)19-10-6-12-21(26)14-19/h3-6,8-10,12,14,17,20,23H,7,11,13,15-16H2,1-2H3,(H,27,31). The lowest BCUT2D eigenvalue weighted by Crippen LogP contribution is -2.43. The van der Waals surface area contributed by atoms with Gasteiger partial charge in [0.2, 0.25) is 17.6 Å². The van der Waals surface area contributed by atoms with Crippen LogP contribution in [0.1, 0.15) is 50.1 Å². The molecule has 0 bridgehead atoms. The van der Waals surface area contributed by atoms with E-state index in [4.69, 9.17) is 4.52 Å². The van der Waals surface area contributed by atoms with Crippen LogP contribution in [-0.2, 0) is 4.79 Å². The van der Waals surface area contributed by atoms with E-state index in [1.54, 1.807) is 12.1 Å². The summed E-state index contributed by atoms with van der Waals surface area (Å²) < 4.78 is 19.0. The van der Waals surface area contributed by atoms with E-state index in [0.717, 1.165) is 24.9 Å². The third-order valence-electron chi connectivity index (χ3n) is 5.89. The molecule has 1 amide bonds. The van der Waals surface area contributed by atoms with Crippen molar-refractivity contribution < 1.29 is 13.7 Å². The quantitative estimate of drug-likeness (QED) is 0.588. The summed E-state index contributed by atoms with van der Waals surface area (Å²) in [5.74, 6) is 0.949. The van der Waals surface area contributed by atoms with Crippen LogP contribution >= 0.6 is 0 Å². The fourth-order valence-electron chi connectivity index (χ4n) is 4.26. The highest BCUT2D eigenvalue weighted by Gasteiger charge is 2.28. The van der Waals surface area contributed by atoms with Crippen LogP contribution in [0.3, 0.4) is 0 Å². The predicted molar refractivity (Wildman–Crippen MR) is 120 cm³/mol. The van der Waals surface area contributed by atoms with Crippen molar-refractivity contribution in [3.05, 3.63) is 71.9 Å². The molecule has 0 radical (unpaired) electrons. The van der Waals surface area contributed by atoms with Gasteiger partial charge in [0.15, 0.2) is 0 Å². The number of carbonyl (C=O) groups is 1. The Morgan fingerprint density at radius 1 is 1.22 bits per heavy atom. The number of carbonyl (C=O) groups excluding carboxylic acids is 1. The summed E-state index contributed by atoms with van der Waals surface area (Å²) in [7, 11) is 0. The van der Waals surface area contributed by atoms with Gasteiger partial charge < -0.3 is 9.84 Å². The van der Waals surface area contributed by atoms with Crippen molar-refractivity contribution >= 4 is 5.91 Å². The average Bonchev–Trinajstić information content (AvgIpc) is 3.29. The van der Waals surface area contributed by atoms with Gasteiger partial charge in [-0.25, -0.2) is 4.39 Å². The van der Waals surface area contributed by atoms with Crippen molar-refractivity contribution in [2.24, 2.45) is 5.92 Å². The molecule has 6 nitrogen and oxygen atoms in total. The number of piperidine rings is 1. The predicted octanol–water partition coefficient (Wildman–Crippen LogP) is 4.57. The molecule has 2 atom stereocenters. The summed E-state index contributed by atoms with van der Waals surface area (Å²) in [4.78, 5) is 19.5. The third-order valence-corrected chi connectivity index (χ3v) is 5.89. The second-order valence-electron chi connectivity index (χ2n) is 8.74. The largest absolute Gasteiger partial charge is 0.348 e. The second-order valence-corrected chi connectivity index (χ2v) is 8.74. The second kappa shape index (κ2) is 10.0. The van der Waals surface area contributed by atoms with Crippen molar-refractivity contribution in [2.75, 3.05) is 19.6 Å². The number of benzene rings is 2. The summed E-state index contributed by atoms with van der Waals surface area (Å²) in [6, 6.07) is 16.2. The van der Waals surface area contributed by atoms with Gasteiger partial charge in [0, 0.05) is 12.1 Å². The van der Waals surface area contributed by atoms with E-state index in [-0.39, 0.29) is 29.6 Å². The first kappa shape index (κ1) is 22.1. The fraction of sp³-hybridized carbons (Fsp3) is 0.400. The molecule has 7 heteroatoms. The summed E-state index contributed by atoms with van der Waals surface area (Å²) >= 11 is 0. The van der Waals surface area contributed by atoms with Crippen LogP contribution in [0.5, 0.6) is 0 Å². The number of rotatable bonds is 7. The molecule has 0 saturated carbocycles. The minimum atomic E-state index is -0.334. The summed E-state index contributed by atoms with van der Waals surface area (Å²) in [6.07, 6.45) is 1.86. The molecule has 0 aliphatic carbocycles. The molecule has 1 N–H and O–H groups in total. The van der Waals surface area contributed by atoms with Crippen molar-refractivity contribution in [3.63, 3.8) is 0 Å². The molecule has 2 aromatic carbocycles. The van der Waals surface area contributed by atoms with Crippen molar-refractivity contribution in [2.45, 2.75) is 38.6 Å². The minimum absolute atomic E-state index is 0.0131. The number of nitrogens with one attached hydrogen (secondary N) is 1. The van der Waals surface area contributed by atoms with Crippen molar-refractivity contribution in [3.8, 4) is 11.4 Å². The molecular formula is C25H29FN4O2. The van der Waals surface area contributed by atoms with E-state index in [1.807, 2.05) is 30.3 Å². The number of hydrogen-bond acceptors (Lipinski definition) is 5. The van der Waals surface area contributed by atoms with Gasteiger partial charge in [-0.2, -0.15) is 4.98 Å². The highest BCUT2D eigenvalue weighted by atomic mass is 19.1. The Morgan fingerprint density at radius 2 is 2.03 bits per heavy atom. The molecule has 4 rings (SSSR count).